The largest absolute Gasteiger partial charge is 0.451 e. The van der Waals surface area contributed by atoms with Crippen molar-refractivity contribution in [2.75, 3.05) is 19.6 Å². The number of nitrogens with one attached hydrogen (secondary N) is 1. The van der Waals surface area contributed by atoms with Gasteiger partial charge in [-0.1, -0.05) is 0 Å². The Labute approximate surface area is 127 Å². The van der Waals surface area contributed by atoms with E-state index in [-0.39, 0.29) is 17.8 Å². The van der Waals surface area contributed by atoms with Crippen molar-refractivity contribution >= 4 is 5.91 Å². The first-order chi connectivity index (χ1) is 10.7. The third kappa shape index (κ3) is 2.41. The van der Waals surface area contributed by atoms with Crippen LogP contribution in [0.5, 0.6) is 0 Å². The first kappa shape index (κ1) is 13.5. The molecule has 0 radical (unpaired) electrons. The Morgan fingerprint density at radius 1 is 1.18 bits per heavy atom. The highest BCUT2D eigenvalue weighted by Gasteiger charge is 2.38. The van der Waals surface area contributed by atoms with Crippen LogP contribution in [0.1, 0.15) is 17.0 Å². The van der Waals surface area contributed by atoms with E-state index in [2.05, 4.69) is 10.2 Å². The molecule has 114 valence electrons. The topological polar surface area (TPSA) is 45.5 Å². The molecule has 2 fully saturated rings. The average molecular weight is 300 g/mol. The predicted octanol–water partition coefficient (Wildman–Crippen LogP) is 2.52. The number of benzene rings is 1. The van der Waals surface area contributed by atoms with E-state index < -0.39 is 0 Å². The zero-order valence-electron chi connectivity index (χ0n) is 12.1. The van der Waals surface area contributed by atoms with Crippen LogP contribution < -0.4 is 5.32 Å². The molecule has 0 spiro atoms. The Balaban J connectivity index is 1.46. The van der Waals surface area contributed by atoms with E-state index >= 15 is 0 Å². The van der Waals surface area contributed by atoms with Gasteiger partial charge in [-0.25, -0.2) is 4.39 Å². The number of halogens is 1. The summed E-state index contributed by atoms with van der Waals surface area (Å²) in [5, 5.41) is 3.07. The number of nitrogens with zero attached hydrogens (tertiary/aromatic N) is 1. The molecule has 3 atom stereocenters. The van der Waals surface area contributed by atoms with Gasteiger partial charge in [0.15, 0.2) is 5.76 Å². The molecule has 2 aliphatic heterocycles. The molecule has 5 heteroatoms. The van der Waals surface area contributed by atoms with Crippen LogP contribution in [0.2, 0.25) is 0 Å². The highest BCUT2D eigenvalue weighted by atomic mass is 19.1. The average Bonchev–Trinajstić information content (AvgIpc) is 3.24. The number of carbonyl (C=O) groups is 1. The molecule has 22 heavy (non-hydrogen) atoms. The number of piperidine rings is 1. The van der Waals surface area contributed by atoms with Crippen molar-refractivity contribution < 1.29 is 13.6 Å². The Morgan fingerprint density at radius 2 is 2.00 bits per heavy atom. The summed E-state index contributed by atoms with van der Waals surface area (Å²) in [6.07, 6.45) is 1.16. The fraction of sp³-hybridized carbons (Fsp3) is 0.353. The molecule has 4 nitrogen and oxygen atoms in total. The fourth-order valence-electron chi connectivity index (χ4n) is 3.42. The summed E-state index contributed by atoms with van der Waals surface area (Å²) in [4.78, 5) is 14.7. The van der Waals surface area contributed by atoms with E-state index in [4.69, 9.17) is 4.42 Å². The molecule has 1 aromatic carbocycles. The van der Waals surface area contributed by atoms with Crippen molar-refractivity contribution in [3.63, 3.8) is 0 Å². The zero-order valence-corrected chi connectivity index (χ0v) is 12.1. The van der Waals surface area contributed by atoms with E-state index in [0.717, 1.165) is 31.6 Å². The Hall–Kier alpha value is -2.14. The molecule has 2 aromatic rings. The van der Waals surface area contributed by atoms with E-state index in [1.54, 1.807) is 24.3 Å². The minimum absolute atomic E-state index is 0.174. The maximum Gasteiger partial charge on any atom is 0.287 e. The lowest BCUT2D eigenvalue weighted by molar-refractivity contribution is 0.0897. The summed E-state index contributed by atoms with van der Waals surface area (Å²) in [6, 6.07) is 9.66. The van der Waals surface area contributed by atoms with Gasteiger partial charge in [0.2, 0.25) is 0 Å². The zero-order chi connectivity index (χ0) is 15.1. The molecule has 2 bridgehead atoms. The summed E-state index contributed by atoms with van der Waals surface area (Å²) >= 11 is 0. The monoisotopic (exact) mass is 300 g/mol. The molecule has 0 saturated carbocycles. The summed E-state index contributed by atoms with van der Waals surface area (Å²) < 4.78 is 18.6. The quantitative estimate of drug-likeness (QED) is 0.947. The van der Waals surface area contributed by atoms with Crippen LogP contribution in [0.15, 0.2) is 40.8 Å². The number of hydrogen-bond acceptors (Lipinski definition) is 3. The number of amides is 1. The number of hydrogen-bond donors (Lipinski definition) is 1. The van der Waals surface area contributed by atoms with Crippen LogP contribution in [0.3, 0.4) is 0 Å². The molecule has 1 aromatic heterocycles. The van der Waals surface area contributed by atoms with Crippen LogP contribution in [0, 0.1) is 11.7 Å². The summed E-state index contributed by atoms with van der Waals surface area (Å²) in [7, 11) is 0. The predicted molar refractivity (Wildman–Crippen MR) is 79.9 cm³/mol. The minimum atomic E-state index is -0.292. The smallest absolute Gasteiger partial charge is 0.287 e. The normalized spacial score (nSPS) is 26.3. The van der Waals surface area contributed by atoms with Crippen molar-refractivity contribution in [1.82, 2.24) is 10.2 Å². The van der Waals surface area contributed by atoms with Gasteiger partial charge in [-0.15, -0.1) is 0 Å². The van der Waals surface area contributed by atoms with Crippen LogP contribution in [0.4, 0.5) is 4.39 Å². The molecule has 2 unspecified atom stereocenters. The van der Waals surface area contributed by atoms with Crippen LogP contribution in [-0.2, 0) is 0 Å². The molecule has 3 heterocycles. The Kier molecular flexibility index (Phi) is 3.22. The minimum Gasteiger partial charge on any atom is -0.451 e. The van der Waals surface area contributed by atoms with Crippen molar-refractivity contribution in [3.05, 3.63) is 48.0 Å². The van der Waals surface area contributed by atoms with Gasteiger partial charge < -0.3 is 14.6 Å². The van der Waals surface area contributed by atoms with Crippen LogP contribution in [-0.4, -0.2) is 36.5 Å². The summed E-state index contributed by atoms with van der Waals surface area (Å²) in [6.45, 7) is 3.17. The Morgan fingerprint density at radius 3 is 2.68 bits per heavy atom. The fourth-order valence-corrected chi connectivity index (χ4v) is 3.42. The third-order valence-corrected chi connectivity index (χ3v) is 4.61. The number of rotatable bonds is 3. The summed E-state index contributed by atoms with van der Waals surface area (Å²) in [5.74, 6) is 0.973. The molecule has 2 saturated heterocycles. The van der Waals surface area contributed by atoms with Gasteiger partial charge >= 0.3 is 0 Å². The molecule has 1 amide bonds. The van der Waals surface area contributed by atoms with E-state index in [1.165, 1.54) is 12.1 Å². The van der Waals surface area contributed by atoms with E-state index in [1.807, 2.05) is 0 Å². The maximum atomic E-state index is 12.9. The van der Waals surface area contributed by atoms with Crippen molar-refractivity contribution in [2.45, 2.75) is 12.5 Å². The maximum absolute atomic E-state index is 12.9. The van der Waals surface area contributed by atoms with Crippen LogP contribution >= 0.6 is 0 Å². The van der Waals surface area contributed by atoms with Crippen LogP contribution in [0.25, 0.3) is 11.3 Å². The molecular weight excluding hydrogens is 283 g/mol. The standard InChI is InChI=1S/C17H17FN2O2/c18-13-3-1-11(2-4-13)15-5-6-16(22-15)17(21)19-14-10-20-8-7-12(14)9-20/h1-6,12,14H,7-10H2,(H,19,21)/t12-,14?/m0/s1. The highest BCUT2D eigenvalue weighted by Crippen LogP contribution is 2.28. The SMILES string of the molecule is O=C(NC1CN2CC[C@H]1C2)c1ccc(-c2ccc(F)cc2)o1. The second kappa shape index (κ2) is 5.25. The second-order valence-electron chi connectivity index (χ2n) is 6.06. The second-order valence-corrected chi connectivity index (χ2v) is 6.06. The lowest BCUT2D eigenvalue weighted by Crippen LogP contribution is -2.43. The molecular formula is C17H17FN2O2. The van der Waals surface area contributed by atoms with Gasteiger partial charge in [0, 0.05) is 24.7 Å². The highest BCUT2D eigenvalue weighted by molar-refractivity contribution is 5.92. The van der Waals surface area contributed by atoms with Gasteiger partial charge in [0.25, 0.3) is 5.91 Å². The van der Waals surface area contributed by atoms with Crippen molar-refractivity contribution in [2.24, 2.45) is 5.92 Å². The van der Waals surface area contributed by atoms with Gasteiger partial charge in [-0.05, 0) is 55.3 Å². The van der Waals surface area contributed by atoms with E-state index in [9.17, 15) is 9.18 Å². The third-order valence-electron chi connectivity index (χ3n) is 4.61. The first-order valence-electron chi connectivity index (χ1n) is 7.58. The van der Waals surface area contributed by atoms with Gasteiger partial charge in [0.1, 0.15) is 11.6 Å². The number of carbonyl (C=O) groups excluding carboxylic acids is 1. The van der Waals surface area contributed by atoms with Gasteiger partial charge in [-0.3, -0.25) is 4.79 Å². The van der Waals surface area contributed by atoms with Crippen molar-refractivity contribution in [1.29, 1.82) is 0 Å². The van der Waals surface area contributed by atoms with Gasteiger partial charge in [0.05, 0.1) is 0 Å². The Bertz CT molecular complexity index is 695. The lowest BCUT2D eigenvalue weighted by Gasteiger charge is -2.22. The summed E-state index contributed by atoms with van der Waals surface area (Å²) in [5.41, 5.74) is 0.756. The van der Waals surface area contributed by atoms with E-state index in [0.29, 0.717) is 17.4 Å². The molecule has 0 aliphatic carbocycles. The molecule has 1 N–H and O–H groups in total. The lowest BCUT2D eigenvalue weighted by atomic mass is 10.00. The van der Waals surface area contributed by atoms with Crippen molar-refractivity contribution in [3.8, 4) is 11.3 Å². The van der Waals surface area contributed by atoms with Gasteiger partial charge in [-0.2, -0.15) is 0 Å². The number of furan rings is 1. The molecule has 4 rings (SSSR count). The molecule has 2 aliphatic rings. The first-order valence-corrected chi connectivity index (χ1v) is 7.58. The number of fused-ring (bicyclic) bond motifs is 2.